The molecule has 8 nitrogen and oxygen atoms in total. The zero-order valence-corrected chi connectivity index (χ0v) is 17.6. The highest BCUT2D eigenvalue weighted by Crippen LogP contribution is 2.29. The van der Waals surface area contributed by atoms with Gasteiger partial charge in [0.15, 0.2) is 11.4 Å². The number of ketones is 1. The predicted molar refractivity (Wildman–Crippen MR) is 116 cm³/mol. The van der Waals surface area contributed by atoms with Crippen molar-refractivity contribution in [2.24, 2.45) is 0 Å². The van der Waals surface area contributed by atoms with Crippen molar-refractivity contribution in [3.63, 3.8) is 0 Å². The van der Waals surface area contributed by atoms with Gasteiger partial charge in [0.05, 0.1) is 34.8 Å². The summed E-state index contributed by atoms with van der Waals surface area (Å²) in [5.74, 6) is 0.677. The van der Waals surface area contributed by atoms with Crippen molar-refractivity contribution in [3.8, 4) is 11.4 Å². The number of hydrogen-bond donors (Lipinski definition) is 2. The zero-order valence-electron chi connectivity index (χ0n) is 16.8. The molecule has 0 saturated heterocycles. The van der Waals surface area contributed by atoms with E-state index in [0.717, 1.165) is 5.56 Å². The Kier molecular flexibility index (Phi) is 5.73. The third-order valence-electron chi connectivity index (χ3n) is 4.37. The molecule has 0 aliphatic rings. The number of nitrogens with zero attached hydrogens (tertiary/aromatic N) is 2. The fourth-order valence-electron chi connectivity index (χ4n) is 3.03. The molecule has 0 saturated carbocycles. The quantitative estimate of drug-likeness (QED) is 0.397. The highest BCUT2D eigenvalue weighted by atomic mass is 35.5. The number of aromatic nitrogens is 3. The van der Waals surface area contributed by atoms with Crippen LogP contribution >= 0.6 is 11.6 Å². The Labute approximate surface area is 182 Å². The fourth-order valence-corrected chi connectivity index (χ4v) is 3.24. The molecule has 9 heteroatoms. The molecule has 0 aliphatic heterocycles. The van der Waals surface area contributed by atoms with Gasteiger partial charge >= 0.3 is 6.09 Å². The first kappa shape index (κ1) is 20.6. The van der Waals surface area contributed by atoms with Crippen molar-refractivity contribution in [2.75, 3.05) is 5.32 Å². The molecule has 1 aromatic carbocycles. The minimum absolute atomic E-state index is 0.131. The summed E-state index contributed by atoms with van der Waals surface area (Å²) in [5, 5.41) is 3.10. The van der Waals surface area contributed by atoms with E-state index in [1.807, 2.05) is 0 Å². The number of anilines is 1. The van der Waals surface area contributed by atoms with E-state index in [-0.39, 0.29) is 18.3 Å². The molecule has 4 rings (SSSR count). The normalized spacial score (nSPS) is 11.1. The van der Waals surface area contributed by atoms with Crippen molar-refractivity contribution in [2.45, 2.75) is 26.4 Å². The second-order valence-corrected chi connectivity index (χ2v) is 7.56. The monoisotopic (exact) mass is 438 g/mol. The van der Waals surface area contributed by atoms with Crippen LogP contribution < -0.4 is 5.32 Å². The van der Waals surface area contributed by atoms with Gasteiger partial charge in [-0.15, -0.1) is 0 Å². The number of carbonyl (C=O) groups is 2. The van der Waals surface area contributed by atoms with Crippen LogP contribution in [0, 0.1) is 0 Å². The number of hydrogen-bond acceptors (Lipinski definition) is 6. The second kappa shape index (κ2) is 8.61. The highest BCUT2D eigenvalue weighted by Gasteiger charge is 2.15. The van der Waals surface area contributed by atoms with Gasteiger partial charge in [-0.3, -0.25) is 10.1 Å². The van der Waals surface area contributed by atoms with Gasteiger partial charge in [-0.25, -0.2) is 14.8 Å². The Balaban J connectivity index is 1.59. The van der Waals surface area contributed by atoms with Crippen molar-refractivity contribution < 1.29 is 18.7 Å². The number of pyridine rings is 1. The summed E-state index contributed by atoms with van der Waals surface area (Å²) in [5.41, 5.74) is 2.96. The lowest BCUT2D eigenvalue weighted by Gasteiger charge is -2.08. The fraction of sp³-hybridized carbons (Fsp3) is 0.182. The van der Waals surface area contributed by atoms with Crippen molar-refractivity contribution in [3.05, 3.63) is 65.2 Å². The van der Waals surface area contributed by atoms with Crippen molar-refractivity contribution in [1.82, 2.24) is 15.0 Å². The standard InChI is InChI=1S/C22H19ClN4O4/c1-12(2)31-22(29)25-14-10-17-21(24-11-14)27-20(26-17)15-8-13(5-6-16(15)23)9-18(28)19-4-3-7-30-19/h3-8,10-12H,9H2,1-2H3,(H,25,29)(H,24,26,27). The summed E-state index contributed by atoms with van der Waals surface area (Å²) < 4.78 is 10.2. The van der Waals surface area contributed by atoms with Crippen LogP contribution in [0.1, 0.15) is 30.0 Å². The van der Waals surface area contributed by atoms with Gasteiger partial charge in [0.2, 0.25) is 5.78 Å². The van der Waals surface area contributed by atoms with E-state index >= 15 is 0 Å². The van der Waals surface area contributed by atoms with E-state index in [1.165, 1.54) is 12.5 Å². The maximum absolute atomic E-state index is 12.3. The number of H-pyrrole nitrogens is 1. The molecule has 31 heavy (non-hydrogen) atoms. The molecule has 0 radical (unpaired) electrons. The SMILES string of the molecule is CC(C)OC(=O)Nc1cnc2nc(-c3cc(CC(=O)c4ccco4)ccc3Cl)[nH]c2c1. The van der Waals surface area contributed by atoms with Crippen LogP contribution in [0.25, 0.3) is 22.6 Å². The minimum Gasteiger partial charge on any atom is -0.461 e. The molecule has 0 aliphatic carbocycles. The molecule has 0 atom stereocenters. The molecule has 0 spiro atoms. The van der Waals surface area contributed by atoms with Gasteiger partial charge in [0, 0.05) is 12.0 Å². The first-order chi connectivity index (χ1) is 14.9. The molecular formula is C22H19ClN4O4. The van der Waals surface area contributed by atoms with E-state index in [4.69, 9.17) is 20.8 Å². The van der Waals surface area contributed by atoms with E-state index in [1.54, 1.807) is 50.2 Å². The Bertz CT molecular complexity index is 1250. The second-order valence-electron chi connectivity index (χ2n) is 7.15. The number of carbonyl (C=O) groups excluding carboxylic acids is 2. The first-order valence-corrected chi connectivity index (χ1v) is 9.96. The lowest BCUT2D eigenvalue weighted by molar-refractivity contribution is 0.0966. The average molecular weight is 439 g/mol. The highest BCUT2D eigenvalue weighted by molar-refractivity contribution is 6.33. The number of furan rings is 1. The lowest BCUT2D eigenvalue weighted by Crippen LogP contribution is -2.18. The van der Waals surface area contributed by atoms with Crippen LogP contribution in [-0.2, 0) is 11.2 Å². The molecule has 4 aromatic rings. The summed E-state index contributed by atoms with van der Waals surface area (Å²) in [6, 6.07) is 10.3. The molecule has 3 heterocycles. The molecule has 1 amide bonds. The van der Waals surface area contributed by atoms with E-state index < -0.39 is 6.09 Å². The number of aromatic amines is 1. The summed E-state index contributed by atoms with van der Waals surface area (Å²) >= 11 is 6.39. The smallest absolute Gasteiger partial charge is 0.411 e. The van der Waals surface area contributed by atoms with Crippen molar-refractivity contribution in [1.29, 1.82) is 0 Å². The first-order valence-electron chi connectivity index (χ1n) is 9.58. The van der Waals surface area contributed by atoms with E-state index in [0.29, 0.717) is 39.0 Å². The van der Waals surface area contributed by atoms with Gasteiger partial charge in [0.25, 0.3) is 0 Å². The summed E-state index contributed by atoms with van der Waals surface area (Å²) in [6.07, 6.45) is 2.34. The number of imidazole rings is 1. The molecule has 158 valence electrons. The number of halogens is 1. The Hall–Kier alpha value is -3.65. The van der Waals surface area contributed by atoms with Gasteiger partial charge in [-0.1, -0.05) is 17.7 Å². The van der Waals surface area contributed by atoms with Crippen molar-refractivity contribution >= 4 is 40.3 Å². The largest absolute Gasteiger partial charge is 0.461 e. The number of nitrogens with one attached hydrogen (secondary N) is 2. The number of rotatable bonds is 6. The van der Waals surface area contributed by atoms with Crippen LogP contribution in [0.15, 0.2) is 53.3 Å². The number of amides is 1. The van der Waals surface area contributed by atoms with E-state index in [2.05, 4.69) is 20.3 Å². The van der Waals surface area contributed by atoms with Gasteiger partial charge in [-0.2, -0.15) is 0 Å². The van der Waals surface area contributed by atoms with Gasteiger partial charge in [0.1, 0.15) is 5.82 Å². The number of ether oxygens (including phenoxy) is 1. The summed E-state index contributed by atoms with van der Waals surface area (Å²) in [7, 11) is 0. The van der Waals surface area contributed by atoms with Gasteiger partial charge < -0.3 is 14.1 Å². The zero-order chi connectivity index (χ0) is 22.0. The van der Waals surface area contributed by atoms with Crippen LogP contribution in [0.5, 0.6) is 0 Å². The number of Topliss-reactive ketones (excluding diaryl/α,β-unsaturated/α-hetero) is 1. The Morgan fingerprint density at radius 3 is 2.84 bits per heavy atom. The third kappa shape index (κ3) is 4.75. The number of fused-ring (bicyclic) bond motifs is 1. The topological polar surface area (TPSA) is 110 Å². The maximum atomic E-state index is 12.3. The predicted octanol–water partition coefficient (Wildman–Crippen LogP) is 5.25. The van der Waals surface area contributed by atoms with Crippen LogP contribution in [0.2, 0.25) is 5.02 Å². The molecular weight excluding hydrogens is 420 g/mol. The third-order valence-corrected chi connectivity index (χ3v) is 4.70. The molecule has 3 aromatic heterocycles. The number of benzene rings is 1. The van der Waals surface area contributed by atoms with E-state index in [9.17, 15) is 9.59 Å². The summed E-state index contributed by atoms with van der Waals surface area (Å²) in [4.78, 5) is 36.1. The molecule has 2 N–H and O–H groups in total. The molecule has 0 bridgehead atoms. The summed E-state index contributed by atoms with van der Waals surface area (Å²) in [6.45, 7) is 3.53. The minimum atomic E-state index is -0.562. The Morgan fingerprint density at radius 2 is 2.10 bits per heavy atom. The van der Waals surface area contributed by atoms with Crippen LogP contribution in [0.4, 0.5) is 10.5 Å². The average Bonchev–Trinajstić information content (AvgIpc) is 3.38. The molecule has 0 fully saturated rings. The lowest BCUT2D eigenvalue weighted by atomic mass is 10.0. The van der Waals surface area contributed by atoms with Crippen LogP contribution in [0.3, 0.4) is 0 Å². The maximum Gasteiger partial charge on any atom is 0.411 e. The van der Waals surface area contributed by atoms with Gasteiger partial charge in [-0.05, 0) is 49.7 Å². The van der Waals surface area contributed by atoms with Crippen LogP contribution in [-0.4, -0.2) is 32.9 Å². The molecule has 0 unspecified atom stereocenters. The Morgan fingerprint density at radius 1 is 1.26 bits per heavy atom.